The van der Waals surface area contributed by atoms with Gasteiger partial charge in [-0.05, 0) is 36.1 Å². The molecule has 0 saturated carbocycles. The number of para-hydroxylation sites is 1. The van der Waals surface area contributed by atoms with Gasteiger partial charge in [-0.1, -0.05) is 24.3 Å². The molecule has 2 aromatic rings. The molecule has 0 saturated heterocycles. The number of hydrogen-bond acceptors (Lipinski definition) is 5. The summed E-state index contributed by atoms with van der Waals surface area (Å²) >= 11 is 0. The van der Waals surface area contributed by atoms with Crippen molar-refractivity contribution in [2.45, 2.75) is 11.3 Å². The van der Waals surface area contributed by atoms with Gasteiger partial charge < -0.3 is 15.2 Å². The highest BCUT2D eigenvalue weighted by Gasteiger charge is 2.26. The molecule has 1 aliphatic heterocycles. The van der Waals surface area contributed by atoms with Crippen molar-refractivity contribution >= 4 is 21.6 Å². The first-order valence-electron chi connectivity index (χ1n) is 8.30. The van der Waals surface area contributed by atoms with E-state index in [9.17, 15) is 22.7 Å². The number of sulfonamides is 1. The number of aliphatic hydroxyl groups excluding tert-OH is 1. The second-order valence-corrected chi connectivity index (χ2v) is 7.90. The minimum Gasteiger partial charge on any atom is -0.482 e. The maximum atomic E-state index is 13.8. The van der Waals surface area contributed by atoms with E-state index in [0.717, 1.165) is 0 Å². The highest BCUT2D eigenvalue weighted by molar-refractivity contribution is 7.89. The molecule has 0 bridgehead atoms. The van der Waals surface area contributed by atoms with E-state index in [4.69, 9.17) is 4.74 Å². The second kappa shape index (κ2) is 8.03. The molecule has 1 aliphatic rings. The molecule has 7 nitrogen and oxygen atoms in total. The molecule has 3 N–H and O–H groups in total. The molecule has 0 aliphatic carbocycles. The average molecular weight is 394 g/mol. The number of carbonyl (C=O) groups is 1. The minimum atomic E-state index is -3.98. The Kier molecular flexibility index (Phi) is 5.73. The zero-order valence-corrected chi connectivity index (χ0v) is 15.1. The molecule has 0 fully saturated rings. The number of rotatable bonds is 7. The molecule has 1 atom stereocenters. The lowest BCUT2D eigenvalue weighted by Crippen LogP contribution is -2.33. The SMILES string of the molecule is O=C1COc2cccc(S(=O)(=O)NCC(CO)Cc3ccccc3F)c2N1. The summed E-state index contributed by atoms with van der Waals surface area (Å²) < 4.78 is 46.8. The first kappa shape index (κ1) is 19.3. The van der Waals surface area contributed by atoms with E-state index in [-0.39, 0.29) is 42.5 Å². The Hall–Kier alpha value is -2.49. The molecule has 3 rings (SSSR count). The van der Waals surface area contributed by atoms with Crippen LogP contribution in [0.15, 0.2) is 47.4 Å². The Labute approximate surface area is 156 Å². The maximum Gasteiger partial charge on any atom is 0.262 e. The highest BCUT2D eigenvalue weighted by Crippen LogP contribution is 2.33. The summed E-state index contributed by atoms with van der Waals surface area (Å²) in [5, 5.41) is 12.0. The van der Waals surface area contributed by atoms with Gasteiger partial charge in [-0.25, -0.2) is 17.5 Å². The van der Waals surface area contributed by atoms with Crippen LogP contribution in [-0.2, 0) is 21.2 Å². The quantitative estimate of drug-likeness (QED) is 0.656. The van der Waals surface area contributed by atoms with Crippen molar-refractivity contribution in [3.63, 3.8) is 0 Å². The summed E-state index contributed by atoms with van der Waals surface area (Å²) in [6.45, 7) is -0.589. The topological polar surface area (TPSA) is 105 Å². The van der Waals surface area contributed by atoms with Gasteiger partial charge >= 0.3 is 0 Å². The number of nitrogens with one attached hydrogen (secondary N) is 2. The van der Waals surface area contributed by atoms with Gasteiger partial charge in [0.05, 0.1) is 0 Å². The standard InChI is InChI=1S/C18H19FN2O5S/c19-14-5-2-1-4-13(14)8-12(10-22)9-20-27(24,25)16-7-3-6-15-18(16)21-17(23)11-26-15/h1-7,12,20,22H,8-11H2,(H,21,23). The van der Waals surface area contributed by atoms with Crippen molar-refractivity contribution in [1.29, 1.82) is 0 Å². The second-order valence-electron chi connectivity index (χ2n) is 6.16. The van der Waals surface area contributed by atoms with Crippen LogP contribution in [0.3, 0.4) is 0 Å². The van der Waals surface area contributed by atoms with Crippen molar-refractivity contribution in [2.24, 2.45) is 5.92 Å². The van der Waals surface area contributed by atoms with Crippen molar-refractivity contribution in [3.8, 4) is 5.75 Å². The first-order valence-corrected chi connectivity index (χ1v) is 9.78. The third-order valence-corrected chi connectivity index (χ3v) is 5.65. The van der Waals surface area contributed by atoms with Gasteiger partial charge in [0.1, 0.15) is 22.1 Å². The van der Waals surface area contributed by atoms with Gasteiger partial charge in [0.2, 0.25) is 10.0 Å². The average Bonchev–Trinajstić information content (AvgIpc) is 2.66. The van der Waals surface area contributed by atoms with Gasteiger partial charge in [-0.2, -0.15) is 0 Å². The monoisotopic (exact) mass is 394 g/mol. The number of anilines is 1. The van der Waals surface area contributed by atoms with Gasteiger partial charge in [0, 0.05) is 13.2 Å². The largest absolute Gasteiger partial charge is 0.482 e. The molecular formula is C18H19FN2O5S. The Morgan fingerprint density at radius 3 is 2.74 bits per heavy atom. The van der Waals surface area contributed by atoms with Crippen molar-refractivity contribution < 1.29 is 27.4 Å². The number of halogens is 1. The lowest BCUT2D eigenvalue weighted by Gasteiger charge is -2.21. The van der Waals surface area contributed by atoms with Gasteiger partial charge in [-0.15, -0.1) is 0 Å². The van der Waals surface area contributed by atoms with Crippen LogP contribution < -0.4 is 14.8 Å². The molecule has 0 radical (unpaired) electrons. The number of aliphatic hydroxyl groups is 1. The fraction of sp³-hybridized carbons (Fsp3) is 0.278. The molecule has 2 aromatic carbocycles. The molecule has 0 spiro atoms. The van der Waals surface area contributed by atoms with Crippen LogP contribution in [0.25, 0.3) is 0 Å². The number of amides is 1. The van der Waals surface area contributed by atoms with E-state index >= 15 is 0 Å². The fourth-order valence-corrected chi connectivity index (χ4v) is 4.07. The molecule has 144 valence electrons. The molecular weight excluding hydrogens is 375 g/mol. The van der Waals surface area contributed by atoms with Crippen LogP contribution in [0.4, 0.5) is 10.1 Å². The van der Waals surface area contributed by atoms with Gasteiger partial charge in [0.25, 0.3) is 5.91 Å². The maximum absolute atomic E-state index is 13.8. The zero-order valence-electron chi connectivity index (χ0n) is 14.3. The number of ether oxygens (including phenoxy) is 1. The predicted molar refractivity (Wildman–Crippen MR) is 96.4 cm³/mol. The van der Waals surface area contributed by atoms with Crippen LogP contribution in [0, 0.1) is 11.7 Å². The normalized spacial score (nSPS) is 14.8. The third kappa shape index (κ3) is 4.44. The number of benzene rings is 2. The summed E-state index contributed by atoms with van der Waals surface area (Å²) in [4.78, 5) is 11.4. The molecule has 9 heteroatoms. The number of fused-ring (bicyclic) bond motifs is 1. The van der Waals surface area contributed by atoms with E-state index < -0.39 is 27.7 Å². The molecule has 1 amide bonds. The lowest BCUT2D eigenvalue weighted by atomic mass is 10.00. The first-order chi connectivity index (χ1) is 12.9. The fourth-order valence-electron chi connectivity index (χ4n) is 2.78. The Bertz CT molecular complexity index is 949. The molecule has 27 heavy (non-hydrogen) atoms. The van der Waals surface area contributed by atoms with Gasteiger partial charge in [-0.3, -0.25) is 4.79 Å². The minimum absolute atomic E-state index is 0.0795. The van der Waals surface area contributed by atoms with E-state index in [2.05, 4.69) is 10.0 Å². The predicted octanol–water partition coefficient (Wildman–Crippen LogP) is 1.29. The lowest BCUT2D eigenvalue weighted by molar-refractivity contribution is -0.118. The molecule has 1 heterocycles. The zero-order chi connectivity index (χ0) is 19.4. The summed E-state index contributed by atoms with van der Waals surface area (Å²) in [7, 11) is -3.98. The van der Waals surface area contributed by atoms with E-state index in [1.54, 1.807) is 24.3 Å². The number of carbonyl (C=O) groups excluding carboxylic acids is 1. The molecule has 0 aromatic heterocycles. The Morgan fingerprint density at radius 2 is 2.00 bits per heavy atom. The van der Waals surface area contributed by atoms with E-state index in [1.165, 1.54) is 18.2 Å². The van der Waals surface area contributed by atoms with Crippen LogP contribution in [0.2, 0.25) is 0 Å². The van der Waals surface area contributed by atoms with Crippen molar-refractivity contribution in [1.82, 2.24) is 4.72 Å². The van der Waals surface area contributed by atoms with Crippen LogP contribution >= 0.6 is 0 Å². The van der Waals surface area contributed by atoms with Crippen LogP contribution in [-0.4, -0.2) is 39.2 Å². The number of hydrogen-bond donors (Lipinski definition) is 3. The molecule has 1 unspecified atom stereocenters. The van der Waals surface area contributed by atoms with Gasteiger partial charge in [0.15, 0.2) is 6.61 Å². The van der Waals surface area contributed by atoms with Crippen LogP contribution in [0.5, 0.6) is 5.75 Å². The smallest absolute Gasteiger partial charge is 0.262 e. The summed E-state index contributed by atoms with van der Waals surface area (Å²) in [6, 6.07) is 10.6. The third-order valence-electron chi connectivity index (χ3n) is 4.19. The summed E-state index contributed by atoms with van der Waals surface area (Å²) in [5.74, 6) is -1.10. The van der Waals surface area contributed by atoms with Crippen molar-refractivity contribution in [2.75, 3.05) is 25.1 Å². The highest BCUT2D eigenvalue weighted by atomic mass is 32.2. The Morgan fingerprint density at radius 1 is 1.22 bits per heavy atom. The van der Waals surface area contributed by atoms with E-state index in [0.29, 0.717) is 5.56 Å². The van der Waals surface area contributed by atoms with Crippen LogP contribution in [0.1, 0.15) is 5.56 Å². The Balaban J connectivity index is 1.75. The summed E-state index contributed by atoms with van der Waals surface area (Å²) in [5.41, 5.74) is 0.476. The van der Waals surface area contributed by atoms with Crippen molar-refractivity contribution in [3.05, 3.63) is 53.8 Å². The summed E-state index contributed by atoms with van der Waals surface area (Å²) in [6.07, 6.45) is 0.179. The van der Waals surface area contributed by atoms with E-state index in [1.807, 2.05) is 0 Å².